The molecule has 6 nitrogen and oxygen atoms in total. The Labute approximate surface area is 153 Å². The largest absolute Gasteiger partial charge is 0.464 e. The van der Waals surface area contributed by atoms with Gasteiger partial charge >= 0.3 is 5.97 Å². The van der Waals surface area contributed by atoms with E-state index in [1.165, 1.54) is 12.0 Å². The van der Waals surface area contributed by atoms with E-state index in [0.29, 0.717) is 22.4 Å². The highest BCUT2D eigenvalue weighted by molar-refractivity contribution is 6.07. The number of Topliss-reactive ketones (excluding diaryl/α,β-unsaturated/α-hetero) is 1. The maximum Gasteiger partial charge on any atom is 0.354 e. The van der Waals surface area contributed by atoms with Crippen molar-refractivity contribution in [1.29, 1.82) is 0 Å². The molecule has 1 amide bonds. The van der Waals surface area contributed by atoms with Gasteiger partial charge in [-0.1, -0.05) is 17.7 Å². The molecule has 1 aromatic heterocycles. The van der Waals surface area contributed by atoms with E-state index in [2.05, 4.69) is 4.98 Å². The van der Waals surface area contributed by atoms with Gasteiger partial charge in [-0.05, 0) is 45.4 Å². The molecule has 0 aliphatic rings. The summed E-state index contributed by atoms with van der Waals surface area (Å²) >= 11 is 0. The number of methoxy groups -OCH3 is 1. The molecule has 0 fully saturated rings. The number of nitrogens with one attached hydrogen (secondary N) is 1. The normalized spacial score (nSPS) is 11.8. The highest BCUT2D eigenvalue weighted by Gasteiger charge is 2.29. The monoisotopic (exact) mass is 356 g/mol. The minimum atomic E-state index is -0.678. The molecule has 0 bridgehead atoms. The fraction of sp³-hybridized carbons (Fsp3) is 0.350. The summed E-state index contributed by atoms with van der Waals surface area (Å²) in [5.74, 6) is -0.986. The third-order valence-corrected chi connectivity index (χ3v) is 4.65. The number of H-pyrrole nitrogens is 1. The second kappa shape index (κ2) is 7.56. The smallest absolute Gasteiger partial charge is 0.354 e. The SMILES string of the molecule is COC(=O)c1[nH]c(C)c(C(=O)[C@@H](C)N(C)C(=O)c2ccc(C)cc2)c1C. The van der Waals surface area contributed by atoms with Crippen molar-refractivity contribution in [3.05, 3.63) is 57.9 Å². The molecule has 2 rings (SSSR count). The van der Waals surface area contributed by atoms with Gasteiger partial charge in [0.2, 0.25) is 0 Å². The van der Waals surface area contributed by atoms with Gasteiger partial charge in [-0.15, -0.1) is 0 Å². The molecule has 1 aromatic carbocycles. The Hall–Kier alpha value is -2.89. The first-order valence-corrected chi connectivity index (χ1v) is 8.34. The lowest BCUT2D eigenvalue weighted by Crippen LogP contribution is -2.40. The number of ether oxygens (including phenoxy) is 1. The molecular weight excluding hydrogens is 332 g/mol. The maximum atomic E-state index is 13.0. The number of ketones is 1. The summed E-state index contributed by atoms with van der Waals surface area (Å²) in [7, 11) is 2.89. The third kappa shape index (κ3) is 3.54. The standard InChI is InChI=1S/C20H24N2O4/c1-11-7-9-15(10-8-11)19(24)22(5)14(4)18(23)16-12(2)17(20(25)26-6)21-13(16)3/h7-10,14,21H,1-6H3/t14-/m1/s1. The van der Waals surface area contributed by atoms with E-state index in [1.807, 2.05) is 19.1 Å². The number of nitrogens with zero attached hydrogens (tertiary/aromatic N) is 1. The number of hydrogen-bond donors (Lipinski definition) is 1. The van der Waals surface area contributed by atoms with E-state index < -0.39 is 12.0 Å². The van der Waals surface area contributed by atoms with E-state index in [1.54, 1.807) is 40.0 Å². The molecule has 0 unspecified atom stereocenters. The Balaban J connectivity index is 2.29. The van der Waals surface area contributed by atoms with Crippen LogP contribution in [0.1, 0.15) is 54.9 Å². The predicted molar refractivity (Wildman–Crippen MR) is 98.7 cm³/mol. The quantitative estimate of drug-likeness (QED) is 0.659. The van der Waals surface area contributed by atoms with Crippen molar-refractivity contribution in [2.45, 2.75) is 33.7 Å². The number of rotatable bonds is 5. The zero-order valence-corrected chi connectivity index (χ0v) is 16.0. The van der Waals surface area contributed by atoms with Gasteiger partial charge < -0.3 is 14.6 Å². The average molecular weight is 356 g/mol. The summed E-state index contributed by atoms with van der Waals surface area (Å²) in [6.45, 7) is 7.04. The predicted octanol–water partition coefficient (Wildman–Crippen LogP) is 3.07. The van der Waals surface area contributed by atoms with E-state index >= 15 is 0 Å². The van der Waals surface area contributed by atoms with Crippen LogP contribution in [0.4, 0.5) is 0 Å². The molecular formula is C20H24N2O4. The van der Waals surface area contributed by atoms with Crippen LogP contribution in [0.15, 0.2) is 24.3 Å². The van der Waals surface area contributed by atoms with Crippen molar-refractivity contribution in [2.75, 3.05) is 14.2 Å². The van der Waals surface area contributed by atoms with Gasteiger partial charge in [0.15, 0.2) is 5.78 Å². The van der Waals surface area contributed by atoms with E-state index in [9.17, 15) is 14.4 Å². The highest BCUT2D eigenvalue weighted by Crippen LogP contribution is 2.22. The van der Waals surface area contributed by atoms with Crippen LogP contribution in [-0.4, -0.2) is 47.7 Å². The minimum absolute atomic E-state index is 0.227. The lowest BCUT2D eigenvalue weighted by atomic mass is 9.99. The van der Waals surface area contributed by atoms with Gasteiger partial charge in [0, 0.05) is 23.9 Å². The second-order valence-electron chi connectivity index (χ2n) is 6.44. The molecule has 2 aromatic rings. The number of carbonyl (C=O) groups is 3. The average Bonchev–Trinajstić information content (AvgIpc) is 2.93. The molecule has 1 N–H and O–H groups in total. The van der Waals surface area contributed by atoms with E-state index in [0.717, 1.165) is 5.56 Å². The molecule has 26 heavy (non-hydrogen) atoms. The zero-order chi connectivity index (χ0) is 19.6. The van der Waals surface area contributed by atoms with Crippen LogP contribution in [0, 0.1) is 20.8 Å². The molecule has 6 heteroatoms. The van der Waals surface area contributed by atoms with Gasteiger partial charge in [-0.3, -0.25) is 9.59 Å². The van der Waals surface area contributed by atoms with Crippen molar-refractivity contribution in [3.63, 3.8) is 0 Å². The van der Waals surface area contributed by atoms with Crippen molar-refractivity contribution in [2.24, 2.45) is 0 Å². The van der Waals surface area contributed by atoms with Crippen molar-refractivity contribution in [3.8, 4) is 0 Å². The molecule has 1 heterocycles. The summed E-state index contributed by atoms with van der Waals surface area (Å²) in [6.07, 6.45) is 0. The number of likely N-dealkylation sites (N-methyl/N-ethyl adjacent to an activating group) is 1. The molecule has 1 atom stereocenters. The van der Waals surface area contributed by atoms with Crippen LogP contribution in [-0.2, 0) is 4.74 Å². The lowest BCUT2D eigenvalue weighted by molar-refractivity contribution is 0.0593. The number of amides is 1. The molecule has 0 saturated carbocycles. The van der Waals surface area contributed by atoms with Crippen molar-refractivity contribution < 1.29 is 19.1 Å². The van der Waals surface area contributed by atoms with Crippen LogP contribution >= 0.6 is 0 Å². The summed E-state index contributed by atoms with van der Waals surface area (Å²) < 4.78 is 4.73. The van der Waals surface area contributed by atoms with Gasteiger partial charge in [-0.2, -0.15) is 0 Å². The topological polar surface area (TPSA) is 79.5 Å². The summed E-state index contributed by atoms with van der Waals surface area (Å²) in [4.78, 5) is 41.8. The Kier molecular flexibility index (Phi) is 5.65. The van der Waals surface area contributed by atoms with Crippen molar-refractivity contribution in [1.82, 2.24) is 9.88 Å². The Morgan fingerprint density at radius 2 is 1.65 bits per heavy atom. The second-order valence-corrected chi connectivity index (χ2v) is 6.44. The fourth-order valence-electron chi connectivity index (χ4n) is 2.89. The molecule has 0 saturated heterocycles. The molecule has 0 spiro atoms. The first-order valence-electron chi connectivity index (χ1n) is 8.34. The minimum Gasteiger partial charge on any atom is -0.464 e. The fourth-order valence-corrected chi connectivity index (χ4v) is 2.89. The number of carbonyl (C=O) groups excluding carboxylic acids is 3. The summed E-state index contributed by atoms with van der Waals surface area (Å²) in [6, 6.07) is 6.52. The molecule has 0 aliphatic heterocycles. The molecule has 0 aliphatic carbocycles. The van der Waals surface area contributed by atoms with E-state index in [-0.39, 0.29) is 17.4 Å². The Morgan fingerprint density at radius 3 is 2.19 bits per heavy atom. The van der Waals surface area contributed by atoms with Gasteiger partial charge in [0.1, 0.15) is 5.69 Å². The third-order valence-electron chi connectivity index (χ3n) is 4.65. The van der Waals surface area contributed by atoms with Gasteiger partial charge in [0.25, 0.3) is 5.91 Å². The molecule has 138 valence electrons. The Morgan fingerprint density at radius 1 is 1.08 bits per heavy atom. The van der Waals surface area contributed by atoms with Crippen molar-refractivity contribution >= 4 is 17.7 Å². The van der Waals surface area contributed by atoms with Crippen LogP contribution in [0.3, 0.4) is 0 Å². The summed E-state index contributed by atoms with van der Waals surface area (Å²) in [5.41, 5.74) is 3.37. The lowest BCUT2D eigenvalue weighted by Gasteiger charge is -2.24. The van der Waals surface area contributed by atoms with E-state index in [4.69, 9.17) is 4.74 Å². The molecule has 0 radical (unpaired) electrons. The first-order chi connectivity index (χ1) is 12.2. The number of aryl methyl sites for hydroxylation is 2. The number of benzene rings is 1. The van der Waals surface area contributed by atoms with Gasteiger partial charge in [0.05, 0.1) is 13.2 Å². The number of hydrogen-bond acceptors (Lipinski definition) is 4. The highest BCUT2D eigenvalue weighted by atomic mass is 16.5. The van der Waals surface area contributed by atoms with Crippen LogP contribution in [0.25, 0.3) is 0 Å². The number of aromatic nitrogens is 1. The van der Waals surface area contributed by atoms with Gasteiger partial charge in [-0.25, -0.2) is 4.79 Å². The Bertz CT molecular complexity index is 849. The van der Waals surface area contributed by atoms with Crippen LogP contribution in [0.5, 0.6) is 0 Å². The first kappa shape index (κ1) is 19.4. The number of esters is 1. The number of aromatic amines is 1. The maximum absolute atomic E-state index is 13.0. The zero-order valence-electron chi connectivity index (χ0n) is 16.0. The van der Waals surface area contributed by atoms with Crippen LogP contribution in [0.2, 0.25) is 0 Å². The van der Waals surface area contributed by atoms with Crippen LogP contribution < -0.4 is 0 Å². The summed E-state index contributed by atoms with van der Waals surface area (Å²) in [5, 5.41) is 0.